The number of nitrogens with one attached hydrogen (secondary N) is 3. The number of allylic oxidation sites excluding steroid dienone is 1. The molecule has 1 aliphatic rings. The van der Waals surface area contributed by atoms with Crippen LogP contribution in [0.2, 0.25) is 0 Å². The molecule has 38 heavy (non-hydrogen) atoms. The Labute approximate surface area is 217 Å². The SMILES string of the molecule is CC[C@@H](NNC(=O)C1=CNC(=COc2nn3c(-c4cc(COC)on4)nnc3c3ccccc23)C=C1)OC. The molecule has 0 radical (unpaired) electrons. The van der Waals surface area contributed by atoms with Crippen molar-refractivity contribution in [3.63, 3.8) is 0 Å². The van der Waals surface area contributed by atoms with Crippen LogP contribution in [0, 0.1) is 0 Å². The topological polar surface area (TPSA) is 150 Å². The summed E-state index contributed by atoms with van der Waals surface area (Å²) in [5, 5.41) is 21.9. The highest BCUT2D eigenvalue weighted by Crippen LogP contribution is 2.29. The van der Waals surface area contributed by atoms with E-state index in [0.717, 1.165) is 10.8 Å². The number of methoxy groups -OCH3 is 2. The van der Waals surface area contributed by atoms with E-state index >= 15 is 0 Å². The normalized spacial score (nSPS) is 15.0. The largest absolute Gasteiger partial charge is 0.443 e. The summed E-state index contributed by atoms with van der Waals surface area (Å²) in [5.74, 6) is 0.983. The van der Waals surface area contributed by atoms with Crippen molar-refractivity contribution in [2.24, 2.45) is 0 Å². The van der Waals surface area contributed by atoms with E-state index in [9.17, 15) is 4.79 Å². The van der Waals surface area contributed by atoms with Gasteiger partial charge in [-0.1, -0.05) is 30.3 Å². The molecule has 1 amide bonds. The minimum Gasteiger partial charge on any atom is -0.443 e. The number of amides is 1. The molecular formula is C25H26N8O5. The second-order valence-corrected chi connectivity index (χ2v) is 8.22. The van der Waals surface area contributed by atoms with Crippen molar-refractivity contribution in [3.8, 4) is 17.4 Å². The molecule has 1 atom stereocenters. The molecule has 0 spiro atoms. The predicted octanol–water partition coefficient (Wildman–Crippen LogP) is 2.35. The van der Waals surface area contributed by atoms with Gasteiger partial charge in [-0.25, -0.2) is 5.43 Å². The highest BCUT2D eigenvalue weighted by atomic mass is 16.5. The van der Waals surface area contributed by atoms with E-state index in [4.69, 9.17) is 18.7 Å². The lowest BCUT2D eigenvalue weighted by molar-refractivity contribution is -0.119. The number of rotatable bonds is 10. The number of dihydropyridines is 1. The molecule has 3 aromatic heterocycles. The molecule has 0 fully saturated rings. The van der Waals surface area contributed by atoms with E-state index in [1.807, 2.05) is 31.2 Å². The van der Waals surface area contributed by atoms with Crippen molar-refractivity contribution in [1.82, 2.24) is 41.1 Å². The van der Waals surface area contributed by atoms with Gasteiger partial charge in [0.2, 0.25) is 11.7 Å². The molecule has 1 aromatic carbocycles. The predicted molar refractivity (Wildman–Crippen MR) is 136 cm³/mol. The first kappa shape index (κ1) is 25.1. The fourth-order valence-electron chi connectivity index (χ4n) is 3.74. The number of nitrogens with zero attached hydrogens (tertiary/aromatic N) is 5. The molecule has 13 heteroatoms. The summed E-state index contributed by atoms with van der Waals surface area (Å²) in [6.07, 6.45) is 6.91. The maximum atomic E-state index is 12.4. The number of hydrogen-bond acceptors (Lipinski definition) is 11. The molecule has 0 unspecified atom stereocenters. The molecule has 5 rings (SSSR count). The average Bonchev–Trinajstić information content (AvgIpc) is 3.59. The molecule has 1 aliphatic heterocycles. The van der Waals surface area contributed by atoms with Crippen molar-refractivity contribution in [3.05, 3.63) is 72.0 Å². The third-order valence-corrected chi connectivity index (χ3v) is 5.70. The monoisotopic (exact) mass is 518 g/mol. The molecule has 4 heterocycles. The summed E-state index contributed by atoms with van der Waals surface area (Å²) >= 11 is 0. The fourth-order valence-corrected chi connectivity index (χ4v) is 3.74. The van der Waals surface area contributed by atoms with Gasteiger partial charge in [0, 0.05) is 37.3 Å². The van der Waals surface area contributed by atoms with Crippen molar-refractivity contribution in [2.75, 3.05) is 14.2 Å². The summed E-state index contributed by atoms with van der Waals surface area (Å²) in [5.41, 5.74) is 7.51. The van der Waals surface area contributed by atoms with Crippen LogP contribution in [0.15, 0.2) is 70.7 Å². The summed E-state index contributed by atoms with van der Waals surface area (Å²) in [6, 6.07) is 9.32. The van der Waals surface area contributed by atoms with Gasteiger partial charge >= 0.3 is 0 Å². The number of fused-ring (bicyclic) bond motifs is 3. The molecule has 0 bridgehead atoms. The van der Waals surface area contributed by atoms with E-state index in [1.54, 1.807) is 43.2 Å². The summed E-state index contributed by atoms with van der Waals surface area (Å²) < 4.78 is 23.1. The van der Waals surface area contributed by atoms with Gasteiger partial charge in [0.1, 0.15) is 19.1 Å². The van der Waals surface area contributed by atoms with Crippen LogP contribution >= 0.6 is 0 Å². The number of ether oxygens (including phenoxy) is 3. The summed E-state index contributed by atoms with van der Waals surface area (Å²) in [6.45, 7) is 2.22. The Morgan fingerprint density at radius 1 is 1.21 bits per heavy atom. The molecule has 3 N–H and O–H groups in total. The Hall–Kier alpha value is -4.59. The Morgan fingerprint density at radius 2 is 2.05 bits per heavy atom. The van der Waals surface area contributed by atoms with Crippen molar-refractivity contribution >= 4 is 22.3 Å². The molecule has 0 aliphatic carbocycles. The Kier molecular flexibility index (Phi) is 7.40. The van der Waals surface area contributed by atoms with Crippen LogP contribution in [0.1, 0.15) is 19.1 Å². The molecule has 0 saturated heterocycles. The minimum atomic E-state index is -0.302. The molecule has 13 nitrogen and oxygen atoms in total. The maximum Gasteiger partial charge on any atom is 0.266 e. The maximum absolute atomic E-state index is 12.4. The molecular weight excluding hydrogens is 492 g/mol. The van der Waals surface area contributed by atoms with Gasteiger partial charge in [-0.05, 0) is 24.6 Å². The number of hydrazine groups is 1. The Bertz CT molecular complexity index is 1550. The van der Waals surface area contributed by atoms with Gasteiger partial charge in [0.15, 0.2) is 17.1 Å². The zero-order chi connectivity index (χ0) is 26.5. The standard InChI is InChI=1S/C25H26N8O5/c1-4-21(36-3)27-30-24(34)15-9-10-16(26-12-15)13-37-25-19-8-6-5-7-18(19)22-28-29-23(33(22)31-25)20-11-17(14-35-2)38-32-20/h5-13,21,26-27H,4,14H2,1-3H3,(H,30,34)/t21-/m0/s1. The zero-order valence-corrected chi connectivity index (χ0v) is 21.0. The van der Waals surface area contributed by atoms with Crippen LogP contribution < -0.4 is 20.9 Å². The van der Waals surface area contributed by atoms with Gasteiger partial charge in [0.25, 0.3) is 5.91 Å². The van der Waals surface area contributed by atoms with Crippen molar-refractivity contribution in [2.45, 2.75) is 26.2 Å². The zero-order valence-electron chi connectivity index (χ0n) is 21.0. The minimum absolute atomic E-state index is 0.272. The second kappa shape index (κ2) is 11.2. The van der Waals surface area contributed by atoms with Crippen LogP contribution in [-0.4, -0.2) is 51.3 Å². The number of hydrogen-bond donors (Lipinski definition) is 3. The molecule has 4 aromatic rings. The number of aromatic nitrogens is 5. The highest BCUT2D eigenvalue weighted by molar-refractivity contribution is 5.97. The lowest BCUT2D eigenvalue weighted by Crippen LogP contribution is -2.45. The van der Waals surface area contributed by atoms with Crippen LogP contribution in [0.4, 0.5) is 0 Å². The van der Waals surface area contributed by atoms with Crippen molar-refractivity contribution < 1.29 is 23.5 Å². The third-order valence-electron chi connectivity index (χ3n) is 5.70. The van der Waals surface area contributed by atoms with Crippen LogP contribution in [0.5, 0.6) is 5.88 Å². The number of carbonyl (C=O) groups is 1. The Morgan fingerprint density at radius 3 is 2.79 bits per heavy atom. The van der Waals surface area contributed by atoms with E-state index < -0.39 is 0 Å². The first-order valence-electron chi connectivity index (χ1n) is 11.8. The summed E-state index contributed by atoms with van der Waals surface area (Å²) in [7, 11) is 3.14. The number of carbonyl (C=O) groups excluding carboxylic acids is 1. The van der Waals surface area contributed by atoms with Crippen LogP contribution in [0.3, 0.4) is 0 Å². The van der Waals surface area contributed by atoms with Crippen LogP contribution in [0.25, 0.3) is 27.9 Å². The van der Waals surface area contributed by atoms with Gasteiger partial charge < -0.3 is 24.1 Å². The summed E-state index contributed by atoms with van der Waals surface area (Å²) in [4.78, 5) is 12.4. The molecule has 196 valence electrons. The van der Waals surface area contributed by atoms with Gasteiger partial charge in [-0.15, -0.1) is 15.3 Å². The smallest absolute Gasteiger partial charge is 0.266 e. The van der Waals surface area contributed by atoms with E-state index in [0.29, 0.717) is 46.5 Å². The van der Waals surface area contributed by atoms with Gasteiger partial charge in [-0.3, -0.25) is 10.2 Å². The number of benzene rings is 1. The van der Waals surface area contributed by atoms with E-state index in [1.165, 1.54) is 6.26 Å². The second-order valence-electron chi connectivity index (χ2n) is 8.22. The quantitative estimate of drug-likeness (QED) is 0.161. The third kappa shape index (κ3) is 5.11. The van der Waals surface area contributed by atoms with E-state index in [-0.39, 0.29) is 18.7 Å². The highest BCUT2D eigenvalue weighted by Gasteiger charge is 2.19. The van der Waals surface area contributed by atoms with Crippen molar-refractivity contribution in [1.29, 1.82) is 0 Å². The lowest BCUT2D eigenvalue weighted by Gasteiger charge is -2.17. The fraction of sp³-hybridized carbons (Fsp3) is 0.240. The average molecular weight is 519 g/mol. The van der Waals surface area contributed by atoms with E-state index in [2.05, 4.69) is 36.6 Å². The van der Waals surface area contributed by atoms with Gasteiger partial charge in [0.05, 0.1) is 11.3 Å². The lowest BCUT2D eigenvalue weighted by atomic mass is 10.2. The first-order chi connectivity index (χ1) is 18.6. The van der Waals surface area contributed by atoms with Gasteiger partial charge in [-0.2, -0.15) is 4.52 Å². The molecule has 0 saturated carbocycles. The first-order valence-corrected chi connectivity index (χ1v) is 11.8. The van der Waals surface area contributed by atoms with Crippen LogP contribution in [-0.2, 0) is 20.9 Å². The Balaban J connectivity index is 1.37.